The van der Waals surface area contributed by atoms with E-state index in [-0.39, 0.29) is 5.91 Å². The van der Waals surface area contributed by atoms with Gasteiger partial charge < -0.3 is 4.74 Å². The van der Waals surface area contributed by atoms with E-state index in [0.29, 0.717) is 10.7 Å². The number of benzene rings is 2. The van der Waals surface area contributed by atoms with Crippen LogP contribution in [-0.4, -0.2) is 42.1 Å². The van der Waals surface area contributed by atoms with Gasteiger partial charge in [0.05, 0.1) is 18.9 Å². The Morgan fingerprint density at radius 3 is 2.79 bits per heavy atom. The molecule has 3 aromatic rings. The minimum absolute atomic E-state index is 0.129. The van der Waals surface area contributed by atoms with Crippen LogP contribution in [0.3, 0.4) is 0 Å². The first-order valence-corrected chi connectivity index (χ1v) is 10.7. The molecule has 0 bridgehead atoms. The molecule has 2 aromatic carbocycles. The molecule has 5 nitrogen and oxygen atoms in total. The number of amides is 1. The zero-order valence-corrected chi connectivity index (χ0v) is 17.6. The van der Waals surface area contributed by atoms with Crippen LogP contribution in [0.2, 0.25) is 0 Å². The zero-order valence-electron chi connectivity index (χ0n) is 16.8. The van der Waals surface area contributed by atoms with E-state index in [0.717, 1.165) is 49.7 Å². The van der Waals surface area contributed by atoms with Crippen LogP contribution in [0.1, 0.15) is 27.0 Å². The summed E-state index contributed by atoms with van der Waals surface area (Å²) in [6.45, 7) is 8.39. The Balaban J connectivity index is 1.44. The summed E-state index contributed by atoms with van der Waals surface area (Å²) in [5, 5.41) is 5.55. The van der Waals surface area contributed by atoms with Gasteiger partial charge in [-0.05, 0) is 37.1 Å². The van der Waals surface area contributed by atoms with Crippen LogP contribution in [-0.2, 0) is 11.3 Å². The number of carbonyl (C=O) groups excluding carboxylic acids is 1. The summed E-state index contributed by atoms with van der Waals surface area (Å²) in [6.07, 6.45) is 0. The number of ether oxygens (including phenoxy) is 1. The molecule has 1 fully saturated rings. The van der Waals surface area contributed by atoms with Crippen molar-refractivity contribution in [1.82, 2.24) is 9.88 Å². The Kier molecular flexibility index (Phi) is 6.04. The maximum Gasteiger partial charge on any atom is 0.257 e. The van der Waals surface area contributed by atoms with Crippen molar-refractivity contribution in [3.63, 3.8) is 0 Å². The number of aryl methyl sites for hydroxylation is 2. The van der Waals surface area contributed by atoms with E-state index in [4.69, 9.17) is 4.74 Å². The van der Waals surface area contributed by atoms with Crippen molar-refractivity contribution in [3.05, 3.63) is 70.1 Å². The van der Waals surface area contributed by atoms with Gasteiger partial charge in [-0.25, -0.2) is 4.98 Å². The smallest absolute Gasteiger partial charge is 0.257 e. The number of hydrogen-bond donors (Lipinski definition) is 1. The molecule has 1 amide bonds. The predicted octanol–water partition coefficient (Wildman–Crippen LogP) is 4.51. The van der Waals surface area contributed by atoms with Crippen molar-refractivity contribution in [1.29, 1.82) is 0 Å². The summed E-state index contributed by atoms with van der Waals surface area (Å²) in [6, 6.07) is 14.1. The van der Waals surface area contributed by atoms with Gasteiger partial charge in [0.2, 0.25) is 0 Å². The molecular formula is C23H25N3O2S. The van der Waals surface area contributed by atoms with Gasteiger partial charge >= 0.3 is 0 Å². The van der Waals surface area contributed by atoms with Gasteiger partial charge in [0, 0.05) is 36.1 Å². The molecule has 0 radical (unpaired) electrons. The van der Waals surface area contributed by atoms with Crippen LogP contribution >= 0.6 is 11.3 Å². The molecule has 0 unspecified atom stereocenters. The Labute approximate surface area is 175 Å². The fourth-order valence-electron chi connectivity index (χ4n) is 3.55. The molecule has 0 spiro atoms. The lowest BCUT2D eigenvalue weighted by Crippen LogP contribution is -2.35. The van der Waals surface area contributed by atoms with Gasteiger partial charge in [0.25, 0.3) is 5.91 Å². The minimum Gasteiger partial charge on any atom is -0.379 e. The van der Waals surface area contributed by atoms with E-state index in [1.807, 2.05) is 23.6 Å². The summed E-state index contributed by atoms with van der Waals surface area (Å²) in [5.74, 6) is -0.129. The largest absolute Gasteiger partial charge is 0.379 e. The van der Waals surface area contributed by atoms with Gasteiger partial charge in [0.1, 0.15) is 0 Å². The Morgan fingerprint density at radius 2 is 2.00 bits per heavy atom. The van der Waals surface area contributed by atoms with Crippen molar-refractivity contribution >= 4 is 22.4 Å². The second-order valence-corrected chi connectivity index (χ2v) is 8.26. The number of aromatic nitrogens is 1. The van der Waals surface area contributed by atoms with Crippen molar-refractivity contribution < 1.29 is 9.53 Å². The maximum absolute atomic E-state index is 12.7. The van der Waals surface area contributed by atoms with Crippen LogP contribution in [0, 0.1) is 13.8 Å². The van der Waals surface area contributed by atoms with Gasteiger partial charge in [0.15, 0.2) is 5.13 Å². The second kappa shape index (κ2) is 8.86. The molecule has 1 aliphatic rings. The molecule has 1 N–H and O–H groups in total. The van der Waals surface area contributed by atoms with Gasteiger partial charge in [-0.3, -0.25) is 15.0 Å². The average Bonchev–Trinajstić information content (AvgIpc) is 3.17. The highest BCUT2D eigenvalue weighted by atomic mass is 32.1. The second-order valence-electron chi connectivity index (χ2n) is 7.40. The third-order valence-electron chi connectivity index (χ3n) is 5.08. The van der Waals surface area contributed by atoms with E-state index >= 15 is 0 Å². The van der Waals surface area contributed by atoms with E-state index in [1.165, 1.54) is 22.5 Å². The minimum atomic E-state index is -0.129. The highest BCUT2D eigenvalue weighted by Gasteiger charge is 2.14. The molecule has 1 aliphatic heterocycles. The molecule has 6 heteroatoms. The lowest BCUT2D eigenvalue weighted by Gasteiger charge is -2.26. The normalized spacial score (nSPS) is 14.7. The monoisotopic (exact) mass is 407 g/mol. The number of thiazole rings is 1. The average molecular weight is 408 g/mol. The molecule has 29 heavy (non-hydrogen) atoms. The van der Waals surface area contributed by atoms with Gasteiger partial charge in [-0.1, -0.05) is 35.9 Å². The molecule has 0 atom stereocenters. The molecular weight excluding hydrogens is 382 g/mol. The number of rotatable bonds is 5. The summed E-state index contributed by atoms with van der Waals surface area (Å²) in [5.41, 5.74) is 6.19. The highest BCUT2D eigenvalue weighted by molar-refractivity contribution is 7.14. The van der Waals surface area contributed by atoms with Crippen LogP contribution in [0.25, 0.3) is 11.3 Å². The summed E-state index contributed by atoms with van der Waals surface area (Å²) in [7, 11) is 0. The van der Waals surface area contributed by atoms with Crippen molar-refractivity contribution in [2.24, 2.45) is 0 Å². The van der Waals surface area contributed by atoms with E-state index < -0.39 is 0 Å². The molecule has 1 saturated heterocycles. The number of nitrogens with zero attached hydrogens (tertiary/aromatic N) is 2. The van der Waals surface area contributed by atoms with Gasteiger partial charge in [-0.2, -0.15) is 0 Å². The van der Waals surface area contributed by atoms with Crippen molar-refractivity contribution in [2.45, 2.75) is 20.4 Å². The fourth-order valence-corrected chi connectivity index (χ4v) is 4.26. The molecule has 150 valence electrons. The SMILES string of the molecule is Cc1ccc(-c2csc(NC(=O)c3cccc(CN4CCOCC4)c3)n2)c(C)c1. The summed E-state index contributed by atoms with van der Waals surface area (Å²) >= 11 is 1.45. The van der Waals surface area contributed by atoms with Crippen LogP contribution in [0.5, 0.6) is 0 Å². The summed E-state index contributed by atoms with van der Waals surface area (Å²) < 4.78 is 5.40. The predicted molar refractivity (Wildman–Crippen MR) is 118 cm³/mol. The Morgan fingerprint density at radius 1 is 1.17 bits per heavy atom. The lowest BCUT2D eigenvalue weighted by atomic mass is 10.0. The number of carbonyl (C=O) groups is 1. The molecule has 0 aliphatic carbocycles. The topological polar surface area (TPSA) is 54.5 Å². The molecule has 2 heterocycles. The maximum atomic E-state index is 12.7. The van der Waals surface area contributed by atoms with Gasteiger partial charge in [-0.15, -0.1) is 11.3 Å². The number of hydrogen-bond acceptors (Lipinski definition) is 5. The first-order valence-electron chi connectivity index (χ1n) is 9.82. The van der Waals surface area contributed by atoms with Crippen molar-refractivity contribution in [3.8, 4) is 11.3 Å². The zero-order chi connectivity index (χ0) is 20.2. The van der Waals surface area contributed by atoms with Crippen LogP contribution in [0.15, 0.2) is 47.8 Å². The standard InChI is InChI=1S/C23H25N3O2S/c1-16-6-7-20(17(2)12-16)21-15-29-23(24-21)25-22(27)19-5-3-4-18(13-19)14-26-8-10-28-11-9-26/h3-7,12-13,15H,8-11,14H2,1-2H3,(H,24,25,27). The molecule has 1 aromatic heterocycles. The fraction of sp³-hybridized carbons (Fsp3) is 0.304. The number of morpholine rings is 1. The Bertz CT molecular complexity index is 1010. The number of nitrogens with one attached hydrogen (secondary N) is 1. The van der Waals surface area contributed by atoms with Crippen LogP contribution in [0.4, 0.5) is 5.13 Å². The quantitative estimate of drug-likeness (QED) is 0.676. The van der Waals surface area contributed by atoms with Crippen molar-refractivity contribution in [2.75, 3.05) is 31.6 Å². The number of anilines is 1. The lowest BCUT2D eigenvalue weighted by molar-refractivity contribution is 0.0342. The third kappa shape index (κ3) is 4.90. The van der Waals surface area contributed by atoms with E-state index in [2.05, 4.69) is 53.3 Å². The first-order chi connectivity index (χ1) is 14.1. The van der Waals surface area contributed by atoms with E-state index in [9.17, 15) is 4.79 Å². The first kappa shape index (κ1) is 19.8. The highest BCUT2D eigenvalue weighted by Crippen LogP contribution is 2.28. The van der Waals surface area contributed by atoms with E-state index in [1.54, 1.807) is 0 Å². The summed E-state index contributed by atoms with van der Waals surface area (Å²) in [4.78, 5) is 19.7. The van der Waals surface area contributed by atoms with Crippen LogP contribution < -0.4 is 5.32 Å². The molecule has 0 saturated carbocycles. The molecule has 4 rings (SSSR count). The third-order valence-corrected chi connectivity index (χ3v) is 5.84. The Hall–Kier alpha value is -2.54.